The molecule has 1 heterocycles. The van der Waals surface area contributed by atoms with E-state index in [1.54, 1.807) is 0 Å². The van der Waals surface area contributed by atoms with Gasteiger partial charge < -0.3 is 5.32 Å². The van der Waals surface area contributed by atoms with E-state index < -0.39 is 0 Å². The fraction of sp³-hybridized carbons (Fsp3) is 0.438. The molecular weight excluding hydrogens is 256 g/mol. The number of nitrogens with zero attached hydrogens (tertiary/aromatic N) is 1. The van der Waals surface area contributed by atoms with Crippen molar-refractivity contribution in [3.05, 3.63) is 36.0 Å². The number of nitrogens with one attached hydrogen (secondary N) is 1. The lowest BCUT2D eigenvalue weighted by molar-refractivity contribution is 0.525. The summed E-state index contributed by atoms with van der Waals surface area (Å²) in [6.45, 7) is 3.07. The van der Waals surface area contributed by atoms with Gasteiger partial charge in [0.15, 0.2) is 0 Å². The fourth-order valence-electron chi connectivity index (χ4n) is 2.63. The van der Waals surface area contributed by atoms with Gasteiger partial charge in [-0.2, -0.15) is 0 Å². The number of hydrogen-bond acceptors (Lipinski definition) is 2. The van der Waals surface area contributed by atoms with E-state index in [-0.39, 0.29) is 0 Å². The van der Waals surface area contributed by atoms with E-state index >= 15 is 0 Å². The van der Waals surface area contributed by atoms with Crippen LogP contribution in [0.1, 0.15) is 25.0 Å². The number of benzene rings is 1. The van der Waals surface area contributed by atoms with Crippen molar-refractivity contribution in [1.82, 2.24) is 4.98 Å². The molecule has 1 fully saturated rings. The number of halogens is 1. The molecule has 3 rings (SSSR count). The van der Waals surface area contributed by atoms with Crippen molar-refractivity contribution in [3.63, 3.8) is 0 Å². The van der Waals surface area contributed by atoms with E-state index in [1.807, 2.05) is 13.0 Å². The molecule has 0 atom stereocenters. The summed E-state index contributed by atoms with van der Waals surface area (Å²) in [6, 6.07) is 10.4. The Balaban J connectivity index is 1.84. The van der Waals surface area contributed by atoms with E-state index in [1.165, 1.54) is 23.9 Å². The second kappa shape index (κ2) is 5.01. The molecule has 100 valence electrons. The predicted molar refractivity (Wildman–Crippen MR) is 82.0 cm³/mol. The first-order valence-corrected chi connectivity index (χ1v) is 7.42. The maximum Gasteiger partial charge on any atom is 0.0725 e. The van der Waals surface area contributed by atoms with Gasteiger partial charge in [-0.1, -0.05) is 18.2 Å². The lowest BCUT2D eigenvalue weighted by Crippen LogP contribution is -2.16. The van der Waals surface area contributed by atoms with Crippen molar-refractivity contribution in [3.8, 4) is 0 Å². The molecule has 2 aromatic rings. The van der Waals surface area contributed by atoms with Crippen LogP contribution in [-0.2, 0) is 0 Å². The second-order valence-corrected chi connectivity index (χ2v) is 6.00. The third-order valence-corrected chi connectivity index (χ3v) is 4.27. The molecule has 3 heteroatoms. The Morgan fingerprint density at radius 3 is 2.84 bits per heavy atom. The smallest absolute Gasteiger partial charge is 0.0725 e. The molecule has 1 saturated carbocycles. The quantitative estimate of drug-likeness (QED) is 0.819. The summed E-state index contributed by atoms with van der Waals surface area (Å²) in [7, 11) is 0. The van der Waals surface area contributed by atoms with Gasteiger partial charge in [0.05, 0.1) is 5.52 Å². The van der Waals surface area contributed by atoms with Crippen LogP contribution in [0.5, 0.6) is 0 Å². The summed E-state index contributed by atoms with van der Waals surface area (Å²) in [5.41, 5.74) is 3.76. The van der Waals surface area contributed by atoms with Gasteiger partial charge in [-0.25, -0.2) is 0 Å². The normalized spacial score (nSPS) is 16.5. The number of alkyl halides is 1. The Bertz CT molecular complexity index is 590. The van der Waals surface area contributed by atoms with Gasteiger partial charge in [0, 0.05) is 29.2 Å². The average Bonchev–Trinajstić information content (AvgIpc) is 3.16. The van der Waals surface area contributed by atoms with E-state index in [9.17, 15) is 0 Å². The van der Waals surface area contributed by atoms with E-state index in [2.05, 4.69) is 34.6 Å². The summed E-state index contributed by atoms with van der Waals surface area (Å²) < 4.78 is 0. The number of aromatic nitrogens is 1. The van der Waals surface area contributed by atoms with Crippen LogP contribution in [0.15, 0.2) is 30.3 Å². The monoisotopic (exact) mass is 274 g/mol. The molecular formula is C16H19ClN2. The van der Waals surface area contributed by atoms with E-state index in [4.69, 9.17) is 11.6 Å². The number of aryl methyl sites for hydroxylation is 1. The highest BCUT2D eigenvalue weighted by Gasteiger charge is 2.41. The van der Waals surface area contributed by atoms with Gasteiger partial charge in [0.1, 0.15) is 0 Å². The Labute approximate surface area is 119 Å². The van der Waals surface area contributed by atoms with E-state index in [0.717, 1.165) is 30.1 Å². The molecule has 0 aliphatic heterocycles. The molecule has 2 nitrogen and oxygen atoms in total. The minimum atomic E-state index is 0.444. The minimum absolute atomic E-state index is 0.444. The van der Waals surface area contributed by atoms with E-state index in [0.29, 0.717) is 5.41 Å². The molecule has 0 unspecified atom stereocenters. The number of rotatable bonds is 5. The van der Waals surface area contributed by atoms with Crippen LogP contribution < -0.4 is 5.32 Å². The lowest BCUT2D eigenvalue weighted by Gasteiger charge is -2.17. The molecule has 0 amide bonds. The first-order valence-electron chi connectivity index (χ1n) is 6.89. The summed E-state index contributed by atoms with van der Waals surface area (Å²) in [5, 5.41) is 4.82. The Morgan fingerprint density at radius 1 is 1.32 bits per heavy atom. The second-order valence-electron chi connectivity index (χ2n) is 5.62. The molecule has 0 bridgehead atoms. The lowest BCUT2D eigenvalue weighted by atomic mass is 10.0. The Morgan fingerprint density at radius 2 is 2.11 bits per heavy atom. The van der Waals surface area contributed by atoms with Gasteiger partial charge in [0.25, 0.3) is 0 Å². The summed E-state index contributed by atoms with van der Waals surface area (Å²) in [6.07, 6.45) is 3.72. The Hall–Kier alpha value is -1.28. The van der Waals surface area contributed by atoms with Gasteiger partial charge >= 0.3 is 0 Å². The molecule has 1 N–H and O–H groups in total. The third-order valence-electron chi connectivity index (χ3n) is 4.08. The molecule has 0 saturated heterocycles. The van der Waals surface area contributed by atoms with Gasteiger partial charge in [-0.15, -0.1) is 11.6 Å². The van der Waals surface area contributed by atoms with Crippen molar-refractivity contribution in [2.45, 2.75) is 26.2 Å². The number of pyridine rings is 1. The highest BCUT2D eigenvalue weighted by atomic mass is 35.5. The zero-order chi connectivity index (χ0) is 13.3. The topological polar surface area (TPSA) is 24.9 Å². The minimum Gasteiger partial charge on any atom is -0.384 e. The van der Waals surface area contributed by atoms with Gasteiger partial charge in [0.2, 0.25) is 0 Å². The molecule has 1 aliphatic carbocycles. The van der Waals surface area contributed by atoms with Gasteiger partial charge in [-0.05, 0) is 43.7 Å². The summed E-state index contributed by atoms with van der Waals surface area (Å²) >= 11 is 5.89. The molecule has 1 aliphatic rings. The molecule has 0 radical (unpaired) electrons. The van der Waals surface area contributed by atoms with Crippen LogP contribution in [0, 0.1) is 12.3 Å². The zero-order valence-corrected chi connectivity index (χ0v) is 12.0. The average molecular weight is 275 g/mol. The van der Waals surface area contributed by atoms with Crippen molar-refractivity contribution in [2.75, 3.05) is 17.7 Å². The van der Waals surface area contributed by atoms with Gasteiger partial charge in [-0.3, -0.25) is 4.98 Å². The number of para-hydroxylation sites is 1. The van der Waals surface area contributed by atoms with Crippen molar-refractivity contribution in [1.29, 1.82) is 0 Å². The van der Waals surface area contributed by atoms with Crippen LogP contribution in [-0.4, -0.2) is 17.4 Å². The maximum atomic E-state index is 5.89. The largest absolute Gasteiger partial charge is 0.384 e. The van der Waals surface area contributed by atoms with Crippen molar-refractivity contribution in [2.24, 2.45) is 5.41 Å². The van der Waals surface area contributed by atoms with Crippen molar-refractivity contribution >= 4 is 28.2 Å². The first kappa shape index (κ1) is 12.7. The van der Waals surface area contributed by atoms with Crippen LogP contribution in [0.4, 0.5) is 5.69 Å². The summed E-state index contributed by atoms with van der Waals surface area (Å²) in [4.78, 5) is 4.57. The zero-order valence-electron chi connectivity index (χ0n) is 11.2. The van der Waals surface area contributed by atoms with Crippen LogP contribution in [0.2, 0.25) is 0 Å². The van der Waals surface area contributed by atoms with Crippen LogP contribution >= 0.6 is 11.6 Å². The van der Waals surface area contributed by atoms with Crippen molar-refractivity contribution < 1.29 is 0 Å². The third kappa shape index (κ3) is 2.69. The number of fused-ring (bicyclic) bond motifs is 1. The SMILES string of the molecule is Cc1cc(NCC2(CCCl)CC2)c2ccccc2n1. The fourth-order valence-corrected chi connectivity index (χ4v) is 3.03. The number of hydrogen-bond donors (Lipinski definition) is 1. The first-order chi connectivity index (χ1) is 9.22. The predicted octanol–water partition coefficient (Wildman–Crippen LogP) is 4.36. The molecule has 0 spiro atoms. The number of anilines is 1. The van der Waals surface area contributed by atoms with Crippen LogP contribution in [0.25, 0.3) is 10.9 Å². The molecule has 1 aromatic carbocycles. The Kier molecular flexibility index (Phi) is 3.36. The highest BCUT2D eigenvalue weighted by molar-refractivity contribution is 6.17. The maximum absolute atomic E-state index is 5.89. The standard InChI is InChI=1S/C16H19ClN2/c1-12-10-15(13-4-2-3-5-14(13)19-12)18-11-16(6-7-16)8-9-17/h2-5,10H,6-9,11H2,1H3,(H,18,19). The van der Waals surface area contributed by atoms with Crippen LogP contribution in [0.3, 0.4) is 0 Å². The summed E-state index contributed by atoms with van der Waals surface area (Å²) in [5.74, 6) is 0.762. The molecule has 1 aromatic heterocycles. The molecule has 19 heavy (non-hydrogen) atoms. The highest BCUT2D eigenvalue weighted by Crippen LogP contribution is 2.49.